The van der Waals surface area contributed by atoms with Crippen LogP contribution in [0, 0.1) is 5.92 Å². The minimum Gasteiger partial charge on any atom is -0.342 e. The maximum absolute atomic E-state index is 11.9. The summed E-state index contributed by atoms with van der Waals surface area (Å²) in [6.45, 7) is 2.12. The zero-order chi connectivity index (χ0) is 9.97. The molecule has 0 bridgehead atoms. The van der Waals surface area contributed by atoms with Crippen molar-refractivity contribution in [1.29, 1.82) is 0 Å². The first-order valence-corrected chi connectivity index (χ1v) is 5.76. The van der Waals surface area contributed by atoms with Gasteiger partial charge >= 0.3 is 0 Å². The fourth-order valence-electron chi connectivity index (χ4n) is 2.32. The zero-order valence-corrected chi connectivity index (χ0v) is 8.96. The van der Waals surface area contributed by atoms with Gasteiger partial charge in [-0.15, -0.1) is 0 Å². The Labute approximate surface area is 85.8 Å². The van der Waals surface area contributed by atoms with Gasteiger partial charge in [0.05, 0.1) is 0 Å². The van der Waals surface area contributed by atoms with E-state index in [1.54, 1.807) is 0 Å². The van der Waals surface area contributed by atoms with Gasteiger partial charge in [-0.3, -0.25) is 4.79 Å². The van der Waals surface area contributed by atoms with Gasteiger partial charge in [0.15, 0.2) is 0 Å². The van der Waals surface area contributed by atoms with Crippen LogP contribution in [0.25, 0.3) is 0 Å². The standard InChI is InChI=1S/C11H20N2O/c1-13(10-5-7-12-8-6-10)11(14)9-3-2-4-9/h9-10,12H,2-8H2,1H3. The molecule has 1 saturated heterocycles. The van der Waals surface area contributed by atoms with Crippen LogP contribution in [0.3, 0.4) is 0 Å². The van der Waals surface area contributed by atoms with Crippen LogP contribution >= 0.6 is 0 Å². The number of carbonyl (C=O) groups excluding carboxylic acids is 1. The summed E-state index contributed by atoms with van der Waals surface area (Å²) in [4.78, 5) is 13.9. The molecule has 1 N–H and O–H groups in total. The van der Waals surface area contributed by atoms with Crippen LogP contribution in [0.15, 0.2) is 0 Å². The Morgan fingerprint density at radius 1 is 1.21 bits per heavy atom. The maximum atomic E-state index is 11.9. The molecule has 0 spiro atoms. The summed E-state index contributed by atoms with van der Waals surface area (Å²) < 4.78 is 0. The third kappa shape index (κ3) is 1.92. The van der Waals surface area contributed by atoms with Crippen LogP contribution in [-0.2, 0) is 4.79 Å². The van der Waals surface area contributed by atoms with Crippen molar-refractivity contribution in [1.82, 2.24) is 10.2 Å². The van der Waals surface area contributed by atoms with Crippen LogP contribution in [0.1, 0.15) is 32.1 Å². The molecule has 0 atom stereocenters. The second-order valence-electron chi connectivity index (χ2n) is 4.56. The largest absolute Gasteiger partial charge is 0.342 e. The molecule has 3 nitrogen and oxygen atoms in total. The van der Waals surface area contributed by atoms with Gasteiger partial charge in [-0.25, -0.2) is 0 Å². The number of amides is 1. The van der Waals surface area contributed by atoms with Crippen molar-refractivity contribution in [3.8, 4) is 0 Å². The first-order chi connectivity index (χ1) is 6.79. The molecule has 1 aliphatic carbocycles. The summed E-state index contributed by atoms with van der Waals surface area (Å²) in [5, 5.41) is 3.33. The molecule has 3 heteroatoms. The van der Waals surface area contributed by atoms with E-state index in [1.165, 1.54) is 6.42 Å². The average molecular weight is 196 g/mol. The molecule has 2 fully saturated rings. The first-order valence-electron chi connectivity index (χ1n) is 5.76. The molecule has 1 aliphatic heterocycles. The quantitative estimate of drug-likeness (QED) is 0.714. The van der Waals surface area contributed by atoms with Crippen LogP contribution in [0.4, 0.5) is 0 Å². The molecule has 1 heterocycles. The zero-order valence-electron chi connectivity index (χ0n) is 8.96. The highest BCUT2D eigenvalue weighted by Gasteiger charge is 2.31. The molecular formula is C11H20N2O. The van der Waals surface area contributed by atoms with E-state index in [-0.39, 0.29) is 0 Å². The summed E-state index contributed by atoms with van der Waals surface area (Å²) in [5.74, 6) is 0.748. The van der Waals surface area contributed by atoms with Gasteiger partial charge in [-0.2, -0.15) is 0 Å². The Morgan fingerprint density at radius 3 is 2.36 bits per heavy atom. The van der Waals surface area contributed by atoms with Crippen molar-refractivity contribution in [2.24, 2.45) is 5.92 Å². The predicted molar refractivity (Wildman–Crippen MR) is 56.0 cm³/mol. The molecule has 1 amide bonds. The molecule has 2 rings (SSSR count). The molecule has 1 saturated carbocycles. The second-order valence-corrected chi connectivity index (χ2v) is 4.56. The highest BCUT2D eigenvalue weighted by atomic mass is 16.2. The van der Waals surface area contributed by atoms with E-state index in [9.17, 15) is 4.79 Å². The van der Waals surface area contributed by atoms with Gasteiger partial charge in [0.2, 0.25) is 5.91 Å². The Morgan fingerprint density at radius 2 is 1.86 bits per heavy atom. The Hall–Kier alpha value is -0.570. The second kappa shape index (κ2) is 4.30. The van der Waals surface area contributed by atoms with Crippen LogP contribution in [0.5, 0.6) is 0 Å². The number of hydrogen-bond donors (Lipinski definition) is 1. The van der Waals surface area contributed by atoms with E-state index in [4.69, 9.17) is 0 Å². The van der Waals surface area contributed by atoms with E-state index in [0.29, 0.717) is 17.9 Å². The van der Waals surface area contributed by atoms with Gasteiger partial charge in [-0.05, 0) is 38.8 Å². The number of nitrogens with one attached hydrogen (secondary N) is 1. The average Bonchev–Trinajstić information content (AvgIpc) is 2.15. The van der Waals surface area contributed by atoms with Crippen molar-refractivity contribution in [2.45, 2.75) is 38.1 Å². The molecule has 2 aliphatic rings. The van der Waals surface area contributed by atoms with E-state index < -0.39 is 0 Å². The van der Waals surface area contributed by atoms with Crippen LogP contribution in [0.2, 0.25) is 0 Å². The van der Waals surface area contributed by atoms with Gasteiger partial charge in [0.25, 0.3) is 0 Å². The van der Waals surface area contributed by atoms with Crippen molar-refractivity contribution < 1.29 is 4.79 Å². The van der Waals surface area contributed by atoms with Crippen LogP contribution < -0.4 is 5.32 Å². The number of hydrogen-bond acceptors (Lipinski definition) is 2. The van der Waals surface area contributed by atoms with E-state index in [2.05, 4.69) is 5.32 Å². The van der Waals surface area contributed by atoms with E-state index >= 15 is 0 Å². The number of nitrogens with zero attached hydrogens (tertiary/aromatic N) is 1. The van der Waals surface area contributed by atoms with Gasteiger partial charge in [-0.1, -0.05) is 6.42 Å². The Balaban J connectivity index is 1.85. The lowest BCUT2D eigenvalue weighted by Crippen LogP contribution is -2.47. The number of rotatable bonds is 2. The van der Waals surface area contributed by atoms with E-state index in [1.807, 2.05) is 11.9 Å². The molecule has 14 heavy (non-hydrogen) atoms. The fraction of sp³-hybridized carbons (Fsp3) is 0.909. The van der Waals surface area contributed by atoms with Crippen molar-refractivity contribution in [2.75, 3.05) is 20.1 Å². The molecule has 0 unspecified atom stereocenters. The summed E-state index contributed by atoms with van der Waals surface area (Å²) in [5.41, 5.74) is 0. The highest BCUT2D eigenvalue weighted by Crippen LogP contribution is 2.29. The lowest BCUT2D eigenvalue weighted by molar-refractivity contribution is -0.139. The van der Waals surface area contributed by atoms with Gasteiger partial charge in [0.1, 0.15) is 0 Å². The first kappa shape index (κ1) is 9.97. The lowest BCUT2D eigenvalue weighted by atomic mass is 9.84. The summed E-state index contributed by atoms with van der Waals surface area (Å²) in [7, 11) is 1.98. The normalized spacial score (nSPS) is 24.4. The molecule has 80 valence electrons. The minimum absolute atomic E-state index is 0.356. The predicted octanol–water partition coefficient (Wildman–Crippen LogP) is 0.997. The third-order valence-electron chi connectivity index (χ3n) is 3.66. The third-order valence-corrected chi connectivity index (χ3v) is 3.66. The smallest absolute Gasteiger partial charge is 0.225 e. The van der Waals surface area contributed by atoms with Crippen molar-refractivity contribution in [3.63, 3.8) is 0 Å². The Kier molecular flexibility index (Phi) is 3.06. The Bertz CT molecular complexity index is 207. The van der Waals surface area contributed by atoms with Gasteiger partial charge < -0.3 is 10.2 Å². The lowest BCUT2D eigenvalue weighted by Gasteiger charge is -2.36. The summed E-state index contributed by atoms with van der Waals surface area (Å²) in [6, 6.07) is 0.490. The van der Waals surface area contributed by atoms with Crippen LogP contribution in [-0.4, -0.2) is 37.0 Å². The minimum atomic E-state index is 0.356. The number of carbonyl (C=O) groups is 1. The van der Waals surface area contributed by atoms with Gasteiger partial charge in [0, 0.05) is 19.0 Å². The molecular weight excluding hydrogens is 176 g/mol. The molecule has 0 radical (unpaired) electrons. The SMILES string of the molecule is CN(C(=O)C1CCC1)C1CCNCC1. The molecule has 0 aromatic carbocycles. The van der Waals surface area contributed by atoms with E-state index in [0.717, 1.165) is 38.8 Å². The monoisotopic (exact) mass is 196 g/mol. The fourth-order valence-corrected chi connectivity index (χ4v) is 2.32. The maximum Gasteiger partial charge on any atom is 0.225 e. The highest BCUT2D eigenvalue weighted by molar-refractivity contribution is 5.79. The molecule has 0 aromatic heterocycles. The summed E-state index contributed by atoms with van der Waals surface area (Å²) >= 11 is 0. The topological polar surface area (TPSA) is 32.3 Å². The van der Waals surface area contributed by atoms with Crippen molar-refractivity contribution in [3.05, 3.63) is 0 Å². The van der Waals surface area contributed by atoms with Crippen molar-refractivity contribution >= 4 is 5.91 Å². The molecule has 0 aromatic rings. The summed E-state index contributed by atoms with van der Waals surface area (Å²) in [6.07, 6.45) is 5.72. The number of piperidine rings is 1.